The molecule has 4 rings (SSSR count). The number of urea groups is 1. The van der Waals surface area contributed by atoms with E-state index in [0.717, 1.165) is 18.4 Å². The summed E-state index contributed by atoms with van der Waals surface area (Å²) in [5.41, 5.74) is -1.61. The number of Topliss-reactive ketones (excluding diaryl/α,β-unsaturated/α-hetero) is 1. The molecule has 0 aromatic heterocycles. The molecular weight excluding hydrogens is 662 g/mol. The van der Waals surface area contributed by atoms with Gasteiger partial charge in [0.25, 0.3) is 5.91 Å². The van der Waals surface area contributed by atoms with Crippen molar-refractivity contribution in [3.63, 3.8) is 0 Å². The highest BCUT2D eigenvalue weighted by molar-refractivity contribution is 6.38. The third-order valence-electron chi connectivity index (χ3n) is 10.7. The Hall–Kier alpha value is -3.96. The highest BCUT2D eigenvalue weighted by Crippen LogP contribution is 2.65. The molecule has 1 aliphatic heterocycles. The van der Waals surface area contributed by atoms with Crippen molar-refractivity contribution in [3.8, 4) is 0 Å². The zero-order chi connectivity index (χ0) is 39.1. The predicted octanol–water partition coefficient (Wildman–Crippen LogP) is 4.67. The molecule has 5 amide bonds. The van der Waals surface area contributed by atoms with E-state index in [-0.39, 0.29) is 23.2 Å². The second-order valence-corrected chi connectivity index (χ2v) is 18.8. The number of ether oxygens (including phenoxy) is 1. The van der Waals surface area contributed by atoms with Crippen molar-refractivity contribution < 1.29 is 33.5 Å². The quantitative estimate of drug-likeness (QED) is 0.180. The topological polar surface area (TPSA) is 163 Å². The molecule has 0 spiro atoms. The first-order valence-electron chi connectivity index (χ1n) is 18.6. The van der Waals surface area contributed by atoms with Crippen molar-refractivity contribution in [1.82, 2.24) is 26.2 Å². The van der Waals surface area contributed by atoms with Crippen molar-refractivity contribution in [2.75, 3.05) is 6.54 Å². The van der Waals surface area contributed by atoms with Crippen molar-refractivity contribution >= 4 is 35.5 Å². The molecule has 2 saturated carbocycles. The predicted molar refractivity (Wildman–Crippen MR) is 198 cm³/mol. The van der Waals surface area contributed by atoms with E-state index in [1.807, 2.05) is 71.9 Å². The first-order valence-corrected chi connectivity index (χ1v) is 18.6. The van der Waals surface area contributed by atoms with Crippen LogP contribution in [0.15, 0.2) is 30.3 Å². The summed E-state index contributed by atoms with van der Waals surface area (Å²) in [7, 11) is 0. The Morgan fingerprint density at radius 2 is 1.38 bits per heavy atom. The Labute approximate surface area is 309 Å². The number of rotatable bonds is 12. The summed E-state index contributed by atoms with van der Waals surface area (Å²) in [6.07, 6.45) is 2.17. The van der Waals surface area contributed by atoms with E-state index in [0.29, 0.717) is 13.0 Å². The highest BCUT2D eigenvalue weighted by Gasteiger charge is 2.70. The summed E-state index contributed by atoms with van der Waals surface area (Å²) in [6.45, 7) is 22.4. The van der Waals surface area contributed by atoms with Crippen molar-refractivity contribution in [2.45, 2.75) is 138 Å². The number of esters is 1. The summed E-state index contributed by atoms with van der Waals surface area (Å²) in [5.74, 6) is -2.88. The molecule has 1 heterocycles. The van der Waals surface area contributed by atoms with Crippen LogP contribution in [-0.2, 0) is 28.7 Å². The number of piperidine rings is 1. The molecule has 12 nitrogen and oxygen atoms in total. The maximum Gasteiger partial charge on any atom is 0.329 e. The van der Waals surface area contributed by atoms with Gasteiger partial charge in [-0.15, -0.1) is 0 Å². The first kappa shape index (κ1) is 40.8. The molecule has 288 valence electrons. The number of nitrogens with one attached hydrogen (secondary N) is 4. The van der Waals surface area contributed by atoms with Crippen LogP contribution in [0.2, 0.25) is 0 Å². The third-order valence-corrected chi connectivity index (χ3v) is 10.7. The monoisotopic (exact) mass is 723 g/mol. The molecule has 4 N–H and O–H groups in total. The van der Waals surface area contributed by atoms with Gasteiger partial charge in [0.1, 0.15) is 23.7 Å². The first-order chi connectivity index (χ1) is 23.8. The fourth-order valence-electron chi connectivity index (χ4n) is 7.35. The van der Waals surface area contributed by atoms with E-state index < -0.39 is 82.1 Å². The van der Waals surface area contributed by atoms with Gasteiger partial charge in [-0.1, -0.05) is 98.6 Å². The van der Waals surface area contributed by atoms with Crippen LogP contribution in [0.5, 0.6) is 0 Å². The molecule has 2 aliphatic carbocycles. The van der Waals surface area contributed by atoms with Crippen LogP contribution in [0.4, 0.5) is 4.79 Å². The minimum atomic E-state index is -1.06. The van der Waals surface area contributed by atoms with Gasteiger partial charge in [-0.25, -0.2) is 9.59 Å². The van der Waals surface area contributed by atoms with E-state index in [4.69, 9.17) is 4.74 Å². The average Bonchev–Trinajstić information content (AvgIpc) is 3.87. The number of carbonyl (C=O) groups excluding carboxylic acids is 6. The lowest BCUT2D eigenvalue weighted by atomic mass is 9.85. The number of hydrogen-bond acceptors (Lipinski definition) is 7. The lowest BCUT2D eigenvalue weighted by Gasteiger charge is -2.38. The maximum atomic E-state index is 14.5. The molecule has 1 aromatic carbocycles. The highest BCUT2D eigenvalue weighted by atomic mass is 16.6. The van der Waals surface area contributed by atoms with Gasteiger partial charge in [0, 0.05) is 6.54 Å². The maximum absolute atomic E-state index is 14.5. The Balaban J connectivity index is 1.53. The number of carbonyl (C=O) groups is 6. The van der Waals surface area contributed by atoms with Gasteiger partial charge in [-0.2, -0.15) is 0 Å². The Morgan fingerprint density at radius 3 is 1.90 bits per heavy atom. The third kappa shape index (κ3) is 9.72. The number of hydrogen-bond donors (Lipinski definition) is 4. The Kier molecular flexibility index (Phi) is 11.6. The molecule has 0 bridgehead atoms. The zero-order valence-corrected chi connectivity index (χ0v) is 33.1. The summed E-state index contributed by atoms with van der Waals surface area (Å²) >= 11 is 0. The number of ketones is 1. The van der Waals surface area contributed by atoms with E-state index in [2.05, 4.69) is 35.1 Å². The Bertz CT molecular complexity index is 1530. The molecule has 0 radical (unpaired) electrons. The van der Waals surface area contributed by atoms with Crippen molar-refractivity contribution in [1.29, 1.82) is 0 Å². The number of likely N-dealkylation sites (tertiary alicyclic amines) is 1. The van der Waals surface area contributed by atoms with Gasteiger partial charge in [0.15, 0.2) is 0 Å². The van der Waals surface area contributed by atoms with Gasteiger partial charge in [-0.3, -0.25) is 19.2 Å². The minimum absolute atomic E-state index is 0.0479. The van der Waals surface area contributed by atoms with E-state index in [1.54, 1.807) is 27.7 Å². The molecule has 2 unspecified atom stereocenters. The Morgan fingerprint density at radius 1 is 0.827 bits per heavy atom. The molecular formula is C40H61N5O7. The molecule has 52 heavy (non-hydrogen) atoms. The summed E-state index contributed by atoms with van der Waals surface area (Å²) in [4.78, 5) is 83.8. The van der Waals surface area contributed by atoms with E-state index in [1.165, 1.54) is 4.90 Å². The van der Waals surface area contributed by atoms with Gasteiger partial charge < -0.3 is 30.9 Å². The normalized spacial score (nSPS) is 23.2. The zero-order valence-electron chi connectivity index (χ0n) is 33.1. The number of nitrogens with zero attached hydrogens (tertiary/aromatic N) is 1. The van der Waals surface area contributed by atoms with Crippen molar-refractivity contribution in [2.24, 2.45) is 34.0 Å². The van der Waals surface area contributed by atoms with Crippen LogP contribution in [0.1, 0.15) is 114 Å². The van der Waals surface area contributed by atoms with Crippen LogP contribution in [-0.4, -0.2) is 76.7 Å². The SMILES string of the molecule is C[C@@H](NC(=O)C(=O)C(CC1CC1)NC(=O)[C@@H]1C2[C@H](CN1C(=O)[C@@H](NC(=O)N[C@H](C(=O)OC(C)(C)C)C(C)(C)C)C(C)(C)C)C2(C)C)c1ccccc1. The summed E-state index contributed by atoms with van der Waals surface area (Å²) < 4.78 is 5.58. The fourth-order valence-corrected chi connectivity index (χ4v) is 7.35. The molecule has 3 aliphatic rings. The summed E-state index contributed by atoms with van der Waals surface area (Å²) in [5, 5.41) is 11.2. The van der Waals surface area contributed by atoms with Gasteiger partial charge in [0.05, 0.1) is 12.1 Å². The molecule has 3 fully saturated rings. The van der Waals surface area contributed by atoms with E-state index in [9.17, 15) is 28.8 Å². The second-order valence-electron chi connectivity index (χ2n) is 18.8. The molecule has 1 saturated heterocycles. The fraction of sp³-hybridized carbons (Fsp3) is 0.700. The largest absolute Gasteiger partial charge is 0.458 e. The van der Waals surface area contributed by atoms with Crippen LogP contribution in [0, 0.1) is 34.0 Å². The average molecular weight is 724 g/mol. The van der Waals surface area contributed by atoms with Gasteiger partial charge >= 0.3 is 12.0 Å². The standard InChI is InChI=1S/C40H61N5O7/c1-22(24-16-14-13-15-17-24)41-33(48)29(46)26(20-23-18-19-23)42-32(47)28-27-25(40(27,11)12)21-45(28)34(49)30(37(2,3)4)43-36(51)44-31(38(5,6)7)35(50)52-39(8,9)10/h13-17,22-23,25-28,30-31H,18-21H2,1-12H3,(H,41,48)(H,42,47)(H2,43,44,51)/t22-,25+,26?,27?,28+,30-,31-/m1/s1. The summed E-state index contributed by atoms with van der Waals surface area (Å²) in [6, 6.07) is 4.20. The lowest BCUT2D eigenvalue weighted by Crippen LogP contribution is -2.63. The van der Waals surface area contributed by atoms with Crippen molar-refractivity contribution in [3.05, 3.63) is 35.9 Å². The van der Waals surface area contributed by atoms with Crippen LogP contribution in [0.3, 0.4) is 0 Å². The molecule has 7 atom stereocenters. The van der Waals surface area contributed by atoms with Gasteiger partial charge in [-0.05, 0) is 73.7 Å². The molecule has 12 heteroatoms. The number of amides is 5. The van der Waals surface area contributed by atoms with E-state index >= 15 is 0 Å². The van der Waals surface area contributed by atoms with Gasteiger partial charge in [0.2, 0.25) is 17.6 Å². The molecule has 1 aromatic rings. The van der Waals surface area contributed by atoms with Crippen LogP contribution in [0.25, 0.3) is 0 Å². The lowest BCUT2D eigenvalue weighted by molar-refractivity contribution is -0.160. The smallest absolute Gasteiger partial charge is 0.329 e. The van der Waals surface area contributed by atoms with Crippen LogP contribution >= 0.6 is 0 Å². The number of fused-ring (bicyclic) bond motifs is 1. The minimum Gasteiger partial charge on any atom is -0.458 e. The van der Waals surface area contributed by atoms with Crippen LogP contribution < -0.4 is 21.3 Å². The second kappa shape index (κ2) is 14.8. The number of benzene rings is 1.